The fourth-order valence-electron chi connectivity index (χ4n) is 1.87. The topological polar surface area (TPSA) is 74.7 Å². The number of carboxylic acid groups (broad SMARTS) is 1. The summed E-state index contributed by atoms with van der Waals surface area (Å²) in [7, 11) is -3.31. The fourth-order valence-corrected chi connectivity index (χ4v) is 4.71. The molecule has 0 fully saturated rings. The molecule has 2 aromatic rings. The van der Waals surface area contributed by atoms with Gasteiger partial charge in [-0.05, 0) is 6.07 Å². The van der Waals surface area contributed by atoms with Gasteiger partial charge in [0.2, 0.25) is 10.0 Å². The van der Waals surface area contributed by atoms with Gasteiger partial charge in [0.05, 0.1) is 6.54 Å². The van der Waals surface area contributed by atoms with Crippen molar-refractivity contribution in [2.24, 2.45) is 0 Å². The SMILES string of the molecule is CN(CC(F)F)S(=O)(=O)c1c(C(=O)O)sc2ccccc12. The first kappa shape index (κ1) is 15.8. The average molecular weight is 335 g/mol. The summed E-state index contributed by atoms with van der Waals surface area (Å²) in [5, 5.41) is 9.40. The molecule has 0 saturated heterocycles. The van der Waals surface area contributed by atoms with E-state index in [0.29, 0.717) is 9.01 Å². The minimum atomic E-state index is -4.31. The molecule has 0 spiro atoms. The second-order valence-electron chi connectivity index (χ2n) is 4.24. The first-order valence-electron chi connectivity index (χ1n) is 5.74. The number of rotatable bonds is 5. The van der Waals surface area contributed by atoms with Crippen molar-refractivity contribution in [3.8, 4) is 0 Å². The Hall–Kier alpha value is -1.58. The quantitative estimate of drug-likeness (QED) is 0.911. The maximum Gasteiger partial charge on any atom is 0.347 e. The number of benzene rings is 1. The van der Waals surface area contributed by atoms with Crippen LogP contribution in [0.5, 0.6) is 0 Å². The first-order chi connectivity index (χ1) is 9.75. The number of carbonyl (C=O) groups is 1. The van der Waals surface area contributed by atoms with Crippen LogP contribution in [0.3, 0.4) is 0 Å². The summed E-state index contributed by atoms with van der Waals surface area (Å²) in [6, 6.07) is 6.25. The van der Waals surface area contributed by atoms with Gasteiger partial charge in [-0.25, -0.2) is 22.0 Å². The van der Waals surface area contributed by atoms with Gasteiger partial charge in [0.15, 0.2) is 0 Å². The van der Waals surface area contributed by atoms with Crippen molar-refractivity contribution in [3.05, 3.63) is 29.1 Å². The lowest BCUT2D eigenvalue weighted by atomic mass is 10.2. The van der Waals surface area contributed by atoms with E-state index in [-0.39, 0.29) is 10.3 Å². The largest absolute Gasteiger partial charge is 0.477 e. The number of alkyl halides is 2. The number of carboxylic acids is 1. The second kappa shape index (κ2) is 5.66. The zero-order valence-electron chi connectivity index (χ0n) is 10.8. The van der Waals surface area contributed by atoms with Crippen LogP contribution in [-0.2, 0) is 10.0 Å². The van der Waals surface area contributed by atoms with Crippen molar-refractivity contribution in [1.82, 2.24) is 4.31 Å². The van der Waals surface area contributed by atoms with Crippen LogP contribution < -0.4 is 0 Å². The number of hydrogen-bond acceptors (Lipinski definition) is 4. The van der Waals surface area contributed by atoms with Crippen LogP contribution in [0.15, 0.2) is 29.2 Å². The smallest absolute Gasteiger partial charge is 0.347 e. The molecule has 1 heterocycles. The monoisotopic (exact) mass is 335 g/mol. The summed E-state index contributed by atoms with van der Waals surface area (Å²) in [5.74, 6) is -1.40. The van der Waals surface area contributed by atoms with Crippen LogP contribution in [0.1, 0.15) is 9.67 Å². The minimum absolute atomic E-state index is 0.223. The molecule has 0 aliphatic carbocycles. The molecular formula is C12H11F2NO4S2. The zero-order valence-corrected chi connectivity index (χ0v) is 12.4. The number of hydrogen-bond donors (Lipinski definition) is 1. The Labute approximate surface area is 123 Å². The molecule has 0 amide bonds. The van der Waals surface area contributed by atoms with Gasteiger partial charge in [0.1, 0.15) is 9.77 Å². The van der Waals surface area contributed by atoms with E-state index < -0.39 is 33.9 Å². The molecule has 0 aliphatic heterocycles. The summed E-state index contributed by atoms with van der Waals surface area (Å²) >= 11 is 0.802. The molecule has 1 aromatic carbocycles. The third-order valence-electron chi connectivity index (χ3n) is 2.81. The molecule has 1 aromatic heterocycles. The molecule has 0 aliphatic rings. The Balaban J connectivity index is 2.69. The van der Waals surface area contributed by atoms with Crippen LogP contribution in [0.25, 0.3) is 10.1 Å². The van der Waals surface area contributed by atoms with E-state index in [1.165, 1.54) is 6.07 Å². The van der Waals surface area contributed by atoms with Gasteiger partial charge in [0.25, 0.3) is 6.43 Å². The number of aromatic carboxylic acids is 1. The van der Waals surface area contributed by atoms with Crippen LogP contribution in [0, 0.1) is 0 Å². The molecule has 21 heavy (non-hydrogen) atoms. The van der Waals surface area contributed by atoms with Crippen LogP contribution in [-0.4, -0.2) is 43.8 Å². The lowest BCUT2D eigenvalue weighted by Gasteiger charge is -2.16. The van der Waals surface area contributed by atoms with Crippen molar-refractivity contribution < 1.29 is 27.1 Å². The molecule has 0 bridgehead atoms. The summed E-state index contributed by atoms with van der Waals surface area (Å²) in [6.07, 6.45) is -2.84. The number of halogens is 2. The number of fused-ring (bicyclic) bond motifs is 1. The van der Waals surface area contributed by atoms with Crippen molar-refractivity contribution in [1.29, 1.82) is 0 Å². The van der Waals surface area contributed by atoms with Crippen LogP contribution in [0.4, 0.5) is 8.78 Å². The highest BCUT2D eigenvalue weighted by atomic mass is 32.2. The third kappa shape index (κ3) is 2.89. The lowest BCUT2D eigenvalue weighted by molar-refractivity contribution is 0.0698. The highest BCUT2D eigenvalue weighted by Crippen LogP contribution is 2.36. The van der Waals surface area contributed by atoms with E-state index in [9.17, 15) is 27.1 Å². The third-order valence-corrected chi connectivity index (χ3v) is 6.01. The molecule has 0 saturated carbocycles. The van der Waals surface area contributed by atoms with Crippen molar-refractivity contribution in [2.75, 3.05) is 13.6 Å². The van der Waals surface area contributed by atoms with Gasteiger partial charge in [-0.15, -0.1) is 11.3 Å². The Kier molecular flexibility index (Phi) is 4.26. The van der Waals surface area contributed by atoms with Crippen molar-refractivity contribution in [2.45, 2.75) is 11.3 Å². The minimum Gasteiger partial charge on any atom is -0.477 e. The predicted molar refractivity (Wildman–Crippen MR) is 74.6 cm³/mol. The highest BCUT2D eigenvalue weighted by molar-refractivity contribution is 7.89. The first-order valence-corrected chi connectivity index (χ1v) is 8.00. The zero-order chi connectivity index (χ0) is 15.8. The van der Waals surface area contributed by atoms with E-state index in [0.717, 1.165) is 18.4 Å². The molecule has 0 atom stereocenters. The molecule has 2 rings (SSSR count). The van der Waals surface area contributed by atoms with Gasteiger partial charge >= 0.3 is 5.97 Å². The Morgan fingerprint density at radius 2 is 2.00 bits per heavy atom. The Bertz CT molecular complexity index is 786. The molecule has 9 heteroatoms. The van der Waals surface area contributed by atoms with E-state index in [1.54, 1.807) is 18.2 Å². The summed E-state index contributed by atoms with van der Waals surface area (Å²) in [5.41, 5.74) is 0. The van der Waals surface area contributed by atoms with Gasteiger partial charge in [0, 0.05) is 17.1 Å². The summed E-state index contributed by atoms with van der Waals surface area (Å²) in [6.45, 7) is -0.994. The number of thiophene rings is 1. The van der Waals surface area contributed by atoms with Gasteiger partial charge in [-0.2, -0.15) is 4.31 Å². The van der Waals surface area contributed by atoms with Crippen molar-refractivity contribution >= 4 is 37.4 Å². The maximum absolute atomic E-state index is 12.4. The van der Waals surface area contributed by atoms with E-state index in [4.69, 9.17) is 0 Å². The molecule has 1 N–H and O–H groups in total. The standard InChI is InChI=1S/C12H11F2NO4S2/c1-15(6-9(13)14)21(18,19)11-7-4-2-3-5-8(7)20-10(11)12(16)17/h2-5,9H,6H2,1H3,(H,16,17). The van der Waals surface area contributed by atoms with Crippen LogP contribution in [0.2, 0.25) is 0 Å². The van der Waals surface area contributed by atoms with E-state index in [2.05, 4.69) is 0 Å². The lowest BCUT2D eigenvalue weighted by Crippen LogP contribution is -2.32. The second-order valence-corrected chi connectivity index (χ2v) is 7.27. The molecule has 0 unspecified atom stereocenters. The summed E-state index contributed by atoms with van der Waals surface area (Å²) < 4.78 is 50.6. The van der Waals surface area contributed by atoms with Gasteiger partial charge in [-0.1, -0.05) is 18.2 Å². The van der Waals surface area contributed by atoms with Crippen molar-refractivity contribution in [3.63, 3.8) is 0 Å². The summed E-state index contributed by atoms with van der Waals surface area (Å²) in [4.78, 5) is 10.5. The highest BCUT2D eigenvalue weighted by Gasteiger charge is 2.32. The average Bonchev–Trinajstić information content (AvgIpc) is 2.77. The van der Waals surface area contributed by atoms with Crippen LogP contribution >= 0.6 is 11.3 Å². The Morgan fingerprint density at radius 3 is 2.57 bits per heavy atom. The normalized spacial score (nSPS) is 12.4. The molecular weight excluding hydrogens is 324 g/mol. The Morgan fingerprint density at radius 1 is 1.38 bits per heavy atom. The molecule has 5 nitrogen and oxygen atoms in total. The predicted octanol–water partition coefficient (Wildman–Crippen LogP) is 2.49. The molecule has 114 valence electrons. The van der Waals surface area contributed by atoms with Gasteiger partial charge < -0.3 is 5.11 Å². The van der Waals surface area contributed by atoms with E-state index >= 15 is 0 Å². The number of nitrogens with zero attached hydrogens (tertiary/aromatic N) is 1. The number of sulfonamides is 1. The maximum atomic E-state index is 12.4. The van der Waals surface area contributed by atoms with E-state index in [1.807, 2.05) is 0 Å². The molecule has 0 radical (unpaired) electrons. The van der Waals surface area contributed by atoms with Gasteiger partial charge in [-0.3, -0.25) is 0 Å². The fraction of sp³-hybridized carbons (Fsp3) is 0.250.